The van der Waals surface area contributed by atoms with Gasteiger partial charge in [0.1, 0.15) is 11.3 Å². The van der Waals surface area contributed by atoms with Crippen LogP contribution in [-0.4, -0.2) is 34.4 Å². The molecule has 1 aliphatic rings. The van der Waals surface area contributed by atoms with Crippen molar-refractivity contribution in [3.63, 3.8) is 0 Å². The summed E-state index contributed by atoms with van der Waals surface area (Å²) < 4.78 is 7.85. The van der Waals surface area contributed by atoms with Gasteiger partial charge in [-0.2, -0.15) is 0 Å². The van der Waals surface area contributed by atoms with Crippen LogP contribution in [-0.2, 0) is 18.4 Å². The number of benzene rings is 2. The summed E-state index contributed by atoms with van der Waals surface area (Å²) in [6.07, 6.45) is 1.35. The van der Waals surface area contributed by atoms with Crippen LogP contribution in [0.1, 0.15) is 34.5 Å². The first kappa shape index (κ1) is 20.4. The molecule has 2 aromatic heterocycles. The van der Waals surface area contributed by atoms with E-state index in [-0.39, 0.29) is 17.7 Å². The van der Waals surface area contributed by atoms with Crippen LogP contribution in [0.4, 0.5) is 0 Å². The number of carbonyl (C=O) groups is 2. The fraction of sp³-hybridized carbons (Fsp3) is 0.308. The van der Waals surface area contributed by atoms with Gasteiger partial charge in [-0.3, -0.25) is 9.59 Å². The van der Waals surface area contributed by atoms with Gasteiger partial charge in [-0.15, -0.1) is 0 Å². The van der Waals surface area contributed by atoms with E-state index < -0.39 is 0 Å². The summed E-state index contributed by atoms with van der Waals surface area (Å²) >= 11 is 0. The molecule has 1 saturated heterocycles. The number of furan rings is 1. The summed E-state index contributed by atoms with van der Waals surface area (Å²) in [6, 6.07) is 17.8. The number of carbonyl (C=O) groups excluding carboxylic acids is 2. The molecule has 0 saturated carbocycles. The van der Waals surface area contributed by atoms with E-state index in [1.807, 2.05) is 65.0 Å². The maximum absolute atomic E-state index is 13.2. The number of fused-ring (bicyclic) bond motifs is 3. The lowest BCUT2D eigenvalue weighted by Crippen LogP contribution is -2.43. The molecule has 3 heterocycles. The lowest BCUT2D eigenvalue weighted by molar-refractivity contribution is -0.126. The number of nitrogens with zero attached hydrogens (tertiary/aromatic N) is 2. The normalized spacial score (nSPS) is 14.9. The van der Waals surface area contributed by atoms with Crippen LogP contribution in [0, 0.1) is 12.8 Å². The Balaban J connectivity index is 1.23. The lowest BCUT2D eigenvalue weighted by Gasteiger charge is -2.31. The highest BCUT2D eigenvalue weighted by molar-refractivity contribution is 6.07. The number of hydrogen-bond donors (Lipinski definition) is 1. The van der Waals surface area contributed by atoms with Crippen LogP contribution in [0.5, 0.6) is 0 Å². The van der Waals surface area contributed by atoms with Crippen molar-refractivity contribution in [2.45, 2.75) is 26.3 Å². The minimum atomic E-state index is -0.0586. The molecule has 0 bridgehead atoms. The average molecular weight is 430 g/mol. The van der Waals surface area contributed by atoms with E-state index in [4.69, 9.17) is 4.42 Å². The molecular weight excluding hydrogens is 402 g/mol. The van der Waals surface area contributed by atoms with E-state index in [1.54, 1.807) is 0 Å². The van der Waals surface area contributed by atoms with Gasteiger partial charge < -0.3 is 19.2 Å². The highest BCUT2D eigenvalue weighted by Crippen LogP contribution is 2.31. The first-order valence-corrected chi connectivity index (χ1v) is 11.1. The standard InChI is InChI=1S/C26H27N3O3/c1-17-7-3-4-8-19(17)16-27-25(30)18-11-13-29(14-12-18)26(31)21-15-23-24(28(21)2)20-9-5-6-10-22(20)32-23/h3-10,15,18H,11-14,16H2,1-2H3,(H,27,30). The number of rotatable bonds is 4. The van der Waals surface area contributed by atoms with Gasteiger partial charge in [-0.05, 0) is 43.0 Å². The Morgan fingerprint density at radius 3 is 2.53 bits per heavy atom. The highest BCUT2D eigenvalue weighted by Gasteiger charge is 2.29. The summed E-state index contributed by atoms with van der Waals surface area (Å²) in [7, 11) is 1.91. The van der Waals surface area contributed by atoms with Crippen molar-refractivity contribution in [2.75, 3.05) is 13.1 Å². The summed E-state index contributed by atoms with van der Waals surface area (Å²) in [6.45, 7) is 3.75. The minimum Gasteiger partial charge on any atom is -0.454 e. The summed E-state index contributed by atoms with van der Waals surface area (Å²) in [4.78, 5) is 27.7. The molecule has 1 N–H and O–H groups in total. The smallest absolute Gasteiger partial charge is 0.270 e. The predicted octanol–water partition coefficient (Wildman–Crippen LogP) is 4.40. The largest absolute Gasteiger partial charge is 0.454 e. The molecule has 0 unspecified atom stereocenters. The molecule has 32 heavy (non-hydrogen) atoms. The molecule has 6 heteroatoms. The Kier molecular flexibility index (Phi) is 5.21. The minimum absolute atomic E-state index is 0.0123. The average Bonchev–Trinajstić information content (AvgIpc) is 3.34. The Morgan fingerprint density at radius 2 is 1.75 bits per heavy atom. The third-order valence-electron chi connectivity index (χ3n) is 6.65. The molecule has 0 aliphatic carbocycles. The first-order valence-electron chi connectivity index (χ1n) is 11.1. The Bertz CT molecular complexity index is 1310. The second-order valence-corrected chi connectivity index (χ2v) is 8.61. The van der Waals surface area contributed by atoms with E-state index in [0.717, 1.165) is 27.6 Å². The lowest BCUT2D eigenvalue weighted by atomic mass is 9.95. The van der Waals surface area contributed by atoms with Crippen LogP contribution in [0.15, 0.2) is 59.0 Å². The van der Waals surface area contributed by atoms with E-state index in [1.165, 1.54) is 5.56 Å². The monoisotopic (exact) mass is 429 g/mol. The van der Waals surface area contributed by atoms with E-state index >= 15 is 0 Å². The van der Waals surface area contributed by atoms with Crippen LogP contribution in [0.25, 0.3) is 22.1 Å². The second-order valence-electron chi connectivity index (χ2n) is 8.61. The van der Waals surface area contributed by atoms with Gasteiger partial charge in [0.2, 0.25) is 5.91 Å². The quantitative estimate of drug-likeness (QED) is 0.523. The maximum Gasteiger partial charge on any atom is 0.270 e. The first-order chi connectivity index (χ1) is 15.5. The zero-order chi connectivity index (χ0) is 22.2. The van der Waals surface area contributed by atoms with Gasteiger partial charge in [0.25, 0.3) is 5.91 Å². The Hall–Kier alpha value is -3.54. The molecule has 5 rings (SSSR count). The van der Waals surface area contributed by atoms with Crippen molar-refractivity contribution in [3.05, 3.63) is 71.4 Å². The van der Waals surface area contributed by atoms with Crippen LogP contribution in [0.3, 0.4) is 0 Å². The SMILES string of the molecule is Cc1ccccc1CNC(=O)C1CCN(C(=O)c2cc3oc4ccccc4c3n2C)CC1. The summed E-state index contributed by atoms with van der Waals surface area (Å²) in [5, 5.41) is 4.07. The molecular formula is C26H27N3O3. The molecule has 2 aromatic carbocycles. The van der Waals surface area contributed by atoms with Crippen molar-refractivity contribution in [2.24, 2.45) is 13.0 Å². The Morgan fingerprint density at radius 1 is 1.03 bits per heavy atom. The van der Waals surface area contributed by atoms with Gasteiger partial charge in [0.05, 0.1) is 5.52 Å². The van der Waals surface area contributed by atoms with Crippen molar-refractivity contribution in [1.82, 2.24) is 14.8 Å². The molecule has 0 atom stereocenters. The third-order valence-corrected chi connectivity index (χ3v) is 6.65. The Labute approximate surface area is 186 Å². The van der Waals surface area contributed by atoms with Crippen molar-refractivity contribution in [1.29, 1.82) is 0 Å². The number of para-hydroxylation sites is 1. The number of likely N-dealkylation sites (tertiary alicyclic amines) is 1. The van der Waals surface area contributed by atoms with Gasteiger partial charge in [0, 0.05) is 44.1 Å². The van der Waals surface area contributed by atoms with Gasteiger partial charge in [-0.1, -0.05) is 36.4 Å². The number of aryl methyl sites for hydroxylation is 2. The van der Waals surface area contributed by atoms with E-state index in [2.05, 4.69) is 18.3 Å². The molecule has 164 valence electrons. The fourth-order valence-electron chi connectivity index (χ4n) is 4.68. The predicted molar refractivity (Wildman–Crippen MR) is 124 cm³/mol. The fourth-order valence-corrected chi connectivity index (χ4v) is 4.68. The van der Waals surface area contributed by atoms with Crippen molar-refractivity contribution < 1.29 is 14.0 Å². The second kappa shape index (κ2) is 8.19. The molecule has 4 aromatic rings. The number of amides is 2. The molecule has 1 aliphatic heterocycles. The highest BCUT2D eigenvalue weighted by atomic mass is 16.3. The third kappa shape index (κ3) is 3.55. The van der Waals surface area contributed by atoms with Crippen LogP contribution >= 0.6 is 0 Å². The van der Waals surface area contributed by atoms with Gasteiger partial charge >= 0.3 is 0 Å². The number of aromatic nitrogens is 1. The summed E-state index contributed by atoms with van der Waals surface area (Å²) in [5.74, 6) is 0.00153. The van der Waals surface area contributed by atoms with Crippen LogP contribution in [0.2, 0.25) is 0 Å². The zero-order valence-corrected chi connectivity index (χ0v) is 18.4. The summed E-state index contributed by atoms with van der Waals surface area (Å²) in [5.41, 5.74) is 5.41. The number of piperidine rings is 1. The molecule has 0 spiro atoms. The van der Waals surface area contributed by atoms with Gasteiger partial charge in [-0.25, -0.2) is 0 Å². The molecule has 1 fully saturated rings. The molecule has 6 nitrogen and oxygen atoms in total. The molecule has 0 radical (unpaired) electrons. The zero-order valence-electron chi connectivity index (χ0n) is 18.4. The maximum atomic E-state index is 13.2. The van der Waals surface area contributed by atoms with E-state index in [0.29, 0.717) is 38.2 Å². The van der Waals surface area contributed by atoms with Gasteiger partial charge in [0.15, 0.2) is 5.58 Å². The molecule has 2 amide bonds. The number of hydrogen-bond acceptors (Lipinski definition) is 3. The van der Waals surface area contributed by atoms with Crippen molar-refractivity contribution >= 4 is 33.9 Å². The number of nitrogens with one attached hydrogen (secondary N) is 1. The van der Waals surface area contributed by atoms with Crippen molar-refractivity contribution in [3.8, 4) is 0 Å². The van der Waals surface area contributed by atoms with Crippen LogP contribution < -0.4 is 5.32 Å². The topological polar surface area (TPSA) is 67.5 Å². The van der Waals surface area contributed by atoms with E-state index in [9.17, 15) is 9.59 Å².